The molecule has 0 rings (SSSR count). The Hall–Kier alpha value is -0.570. The summed E-state index contributed by atoms with van der Waals surface area (Å²) in [6.45, 7) is 6.53. The zero-order valence-electron chi connectivity index (χ0n) is 17.3. The number of carbonyl (C=O) groups is 1. The minimum absolute atomic E-state index is 0.129. The third-order valence-electron chi connectivity index (χ3n) is 4.68. The molecule has 25 heavy (non-hydrogen) atoms. The summed E-state index contributed by atoms with van der Waals surface area (Å²) in [5.41, 5.74) is 0. The summed E-state index contributed by atoms with van der Waals surface area (Å²) >= 11 is 0. The lowest BCUT2D eigenvalue weighted by molar-refractivity contribution is -0.173. The van der Waals surface area contributed by atoms with Crippen LogP contribution < -0.4 is 0 Å². The van der Waals surface area contributed by atoms with Gasteiger partial charge in [0.2, 0.25) is 0 Å². The monoisotopic (exact) mass is 356 g/mol. The average molecular weight is 357 g/mol. The predicted octanol–water partition coefficient (Wildman–Crippen LogP) is 7.17. The van der Waals surface area contributed by atoms with Crippen molar-refractivity contribution in [3.8, 4) is 0 Å². The van der Waals surface area contributed by atoms with E-state index in [1.165, 1.54) is 83.5 Å². The van der Waals surface area contributed by atoms with Crippen LogP contribution in [0.15, 0.2) is 0 Å². The molecule has 0 spiro atoms. The van der Waals surface area contributed by atoms with E-state index >= 15 is 0 Å². The molecule has 0 saturated carbocycles. The molecule has 3 nitrogen and oxygen atoms in total. The molecule has 0 aromatic carbocycles. The van der Waals surface area contributed by atoms with Gasteiger partial charge in [-0.2, -0.15) is 0 Å². The molecule has 0 bridgehead atoms. The first-order chi connectivity index (χ1) is 12.2. The van der Waals surface area contributed by atoms with E-state index in [4.69, 9.17) is 9.47 Å². The number of hydrogen-bond acceptors (Lipinski definition) is 3. The quantitative estimate of drug-likeness (QED) is 0.140. The normalized spacial score (nSPS) is 12.3. The molecule has 0 aliphatic heterocycles. The molecule has 3 heteroatoms. The molecule has 0 radical (unpaired) electrons. The van der Waals surface area contributed by atoms with Crippen molar-refractivity contribution in [1.29, 1.82) is 0 Å². The molecule has 1 atom stereocenters. The molecule has 0 heterocycles. The second-order valence-electron chi connectivity index (χ2n) is 7.21. The van der Waals surface area contributed by atoms with Gasteiger partial charge in [0.05, 0.1) is 0 Å². The smallest absolute Gasteiger partial charge is 0.308 e. The highest BCUT2D eigenvalue weighted by atomic mass is 16.7. The van der Waals surface area contributed by atoms with Crippen LogP contribution >= 0.6 is 0 Å². The maximum atomic E-state index is 11.6. The lowest BCUT2D eigenvalue weighted by Crippen LogP contribution is -2.17. The summed E-state index contributed by atoms with van der Waals surface area (Å²) in [7, 11) is 0. The van der Waals surface area contributed by atoms with Gasteiger partial charge in [-0.15, -0.1) is 0 Å². The summed E-state index contributed by atoms with van der Waals surface area (Å²) in [5.74, 6) is -0.129. The molecule has 0 aromatic heterocycles. The van der Waals surface area contributed by atoms with Gasteiger partial charge in [-0.05, 0) is 20.3 Å². The summed E-state index contributed by atoms with van der Waals surface area (Å²) in [6.07, 6.45) is 20.2. The van der Waals surface area contributed by atoms with Gasteiger partial charge in [0, 0.05) is 13.0 Å². The zero-order chi connectivity index (χ0) is 18.6. The highest BCUT2D eigenvalue weighted by molar-refractivity contribution is 5.69. The Morgan fingerprint density at radius 2 is 1.08 bits per heavy atom. The van der Waals surface area contributed by atoms with Crippen LogP contribution in [0.2, 0.25) is 0 Å². The van der Waals surface area contributed by atoms with Gasteiger partial charge in [0.1, 0.15) is 0 Å². The Kier molecular flexibility index (Phi) is 19.3. The Bertz CT molecular complexity index is 278. The number of unbranched alkanes of at least 4 members (excludes halogenated alkanes) is 14. The van der Waals surface area contributed by atoms with Gasteiger partial charge < -0.3 is 9.47 Å². The van der Waals surface area contributed by atoms with Crippen molar-refractivity contribution in [2.24, 2.45) is 0 Å². The summed E-state index contributed by atoms with van der Waals surface area (Å²) in [5, 5.41) is 0. The molecular weight excluding hydrogens is 312 g/mol. The molecule has 0 aromatic rings. The Labute approximate surface area is 157 Å². The van der Waals surface area contributed by atoms with Crippen LogP contribution in [-0.2, 0) is 14.3 Å². The van der Waals surface area contributed by atoms with Crippen LogP contribution in [0.1, 0.15) is 124 Å². The van der Waals surface area contributed by atoms with E-state index in [1.807, 2.05) is 6.92 Å². The van der Waals surface area contributed by atoms with Crippen LogP contribution in [0.5, 0.6) is 0 Å². The molecule has 0 aliphatic carbocycles. The van der Waals surface area contributed by atoms with Crippen LogP contribution in [0.3, 0.4) is 0 Å². The molecule has 0 fully saturated rings. The number of ether oxygens (including phenoxy) is 2. The summed E-state index contributed by atoms with van der Waals surface area (Å²) in [6, 6.07) is 0. The minimum Gasteiger partial charge on any atom is -0.436 e. The van der Waals surface area contributed by atoms with Gasteiger partial charge in [-0.25, -0.2) is 0 Å². The van der Waals surface area contributed by atoms with Crippen molar-refractivity contribution >= 4 is 5.97 Å². The van der Waals surface area contributed by atoms with E-state index < -0.39 is 6.29 Å². The van der Waals surface area contributed by atoms with E-state index in [-0.39, 0.29) is 5.97 Å². The Morgan fingerprint density at radius 3 is 1.48 bits per heavy atom. The first-order valence-electron chi connectivity index (χ1n) is 11.0. The van der Waals surface area contributed by atoms with E-state index in [0.717, 1.165) is 12.8 Å². The number of rotatable bonds is 19. The summed E-state index contributed by atoms with van der Waals surface area (Å²) < 4.78 is 10.3. The van der Waals surface area contributed by atoms with Crippen molar-refractivity contribution in [1.82, 2.24) is 0 Å². The largest absolute Gasteiger partial charge is 0.436 e. The highest BCUT2D eigenvalue weighted by Gasteiger charge is 2.08. The molecule has 1 unspecified atom stereocenters. The molecular formula is C22H44O3. The highest BCUT2D eigenvalue weighted by Crippen LogP contribution is 2.14. The number of carbonyl (C=O) groups excluding carboxylic acids is 1. The van der Waals surface area contributed by atoms with Crippen LogP contribution in [0.25, 0.3) is 0 Å². The lowest BCUT2D eigenvalue weighted by Gasteiger charge is -2.12. The van der Waals surface area contributed by atoms with E-state index in [9.17, 15) is 4.79 Å². The van der Waals surface area contributed by atoms with Crippen LogP contribution in [-0.4, -0.2) is 18.9 Å². The minimum atomic E-state index is -0.408. The third-order valence-corrected chi connectivity index (χ3v) is 4.68. The fourth-order valence-electron chi connectivity index (χ4n) is 3.15. The van der Waals surface area contributed by atoms with Crippen LogP contribution in [0.4, 0.5) is 0 Å². The molecule has 150 valence electrons. The van der Waals surface area contributed by atoms with E-state index in [1.54, 1.807) is 6.92 Å². The van der Waals surface area contributed by atoms with Crippen molar-refractivity contribution < 1.29 is 14.3 Å². The van der Waals surface area contributed by atoms with Crippen molar-refractivity contribution in [2.45, 2.75) is 130 Å². The zero-order valence-corrected chi connectivity index (χ0v) is 17.3. The Morgan fingerprint density at radius 1 is 0.680 bits per heavy atom. The molecule has 0 aliphatic rings. The average Bonchev–Trinajstić information content (AvgIpc) is 2.58. The predicted molar refractivity (Wildman–Crippen MR) is 107 cm³/mol. The first-order valence-corrected chi connectivity index (χ1v) is 11.0. The standard InChI is InChI=1S/C22H44O3/c1-4-6-7-8-9-10-11-12-13-14-15-16-17-18-19-20-22(23)25-21(3)24-5-2/h21H,4-20H2,1-3H3. The molecule has 0 amide bonds. The number of esters is 1. The maximum Gasteiger partial charge on any atom is 0.308 e. The van der Waals surface area contributed by atoms with Crippen molar-refractivity contribution in [3.63, 3.8) is 0 Å². The summed E-state index contributed by atoms with van der Waals surface area (Å²) in [4.78, 5) is 11.6. The second kappa shape index (κ2) is 19.8. The van der Waals surface area contributed by atoms with Crippen molar-refractivity contribution in [3.05, 3.63) is 0 Å². The SMILES string of the molecule is CCCCCCCCCCCCCCCCCC(=O)OC(C)OCC. The van der Waals surface area contributed by atoms with Gasteiger partial charge in [0.25, 0.3) is 0 Å². The molecule has 0 N–H and O–H groups in total. The van der Waals surface area contributed by atoms with Gasteiger partial charge >= 0.3 is 5.97 Å². The van der Waals surface area contributed by atoms with Gasteiger partial charge in [-0.1, -0.05) is 96.8 Å². The van der Waals surface area contributed by atoms with E-state index in [0.29, 0.717) is 13.0 Å². The first kappa shape index (κ1) is 24.4. The fourth-order valence-corrected chi connectivity index (χ4v) is 3.15. The Balaban J connectivity index is 3.15. The fraction of sp³-hybridized carbons (Fsp3) is 0.955. The number of hydrogen-bond donors (Lipinski definition) is 0. The van der Waals surface area contributed by atoms with Gasteiger partial charge in [-0.3, -0.25) is 4.79 Å². The third kappa shape index (κ3) is 19.6. The topological polar surface area (TPSA) is 35.5 Å². The second-order valence-corrected chi connectivity index (χ2v) is 7.21. The maximum absolute atomic E-state index is 11.6. The lowest BCUT2D eigenvalue weighted by atomic mass is 10.0. The van der Waals surface area contributed by atoms with Crippen LogP contribution in [0, 0.1) is 0 Å². The molecule has 0 saturated heterocycles. The van der Waals surface area contributed by atoms with Gasteiger partial charge in [0.15, 0.2) is 6.29 Å². The van der Waals surface area contributed by atoms with Crippen molar-refractivity contribution in [2.75, 3.05) is 6.61 Å². The van der Waals surface area contributed by atoms with E-state index in [2.05, 4.69) is 6.92 Å².